The average Bonchev–Trinajstić information content (AvgIpc) is 3.00. The Hall–Kier alpha value is -3.80. The number of rotatable bonds is 27. The summed E-state index contributed by atoms with van der Waals surface area (Å²) < 4.78 is 10.4. The van der Waals surface area contributed by atoms with Gasteiger partial charge in [-0.1, -0.05) is 46.1 Å². The van der Waals surface area contributed by atoms with Gasteiger partial charge < -0.3 is 9.47 Å². The van der Waals surface area contributed by atoms with Crippen LogP contribution in [-0.2, 0) is 38.2 Å². The summed E-state index contributed by atoms with van der Waals surface area (Å²) in [5.41, 5.74) is -0.0135. The standard InChI is InChI=1S/C31H46N4O8/c1-4-6-14-28(34-23-38)26(19-32-21-36)12-8-10-16-42-30(40)18-25(3)31(41)43-17-11-9-13-27(20-33-22-37)29(35-24-39)15-7-5-2/h26-29H,3-20H2,1-2H3. The highest BCUT2D eigenvalue weighted by Crippen LogP contribution is 2.22. The Morgan fingerprint density at radius 3 is 1.53 bits per heavy atom. The van der Waals surface area contributed by atoms with Crippen LogP contribution < -0.4 is 0 Å². The molecule has 0 aromatic heterocycles. The Morgan fingerprint density at radius 2 is 1.12 bits per heavy atom. The van der Waals surface area contributed by atoms with Gasteiger partial charge in [-0.3, -0.25) is 4.79 Å². The van der Waals surface area contributed by atoms with Crippen molar-refractivity contribution in [1.29, 1.82) is 0 Å². The third-order valence-corrected chi connectivity index (χ3v) is 7.09. The van der Waals surface area contributed by atoms with Gasteiger partial charge in [0, 0.05) is 17.4 Å². The summed E-state index contributed by atoms with van der Waals surface area (Å²) in [6, 6.07) is -0.552. The minimum absolute atomic E-state index is 0.0135. The largest absolute Gasteiger partial charge is 0.465 e. The normalized spacial score (nSPS) is 13.0. The SMILES string of the molecule is C=C(CC(=O)OCCCCC(CN=C=O)C(CCCC)N=C=O)C(=O)OCCCCC(CN=C=O)C(CCCC)N=C=O. The summed E-state index contributed by atoms with van der Waals surface area (Å²) in [5.74, 6) is -1.50. The van der Waals surface area contributed by atoms with E-state index in [2.05, 4.69) is 26.5 Å². The fourth-order valence-corrected chi connectivity index (χ4v) is 4.66. The van der Waals surface area contributed by atoms with Crippen LogP contribution in [0.3, 0.4) is 0 Å². The summed E-state index contributed by atoms with van der Waals surface area (Å²) in [6.07, 6.45) is 14.7. The fraction of sp³-hybridized carbons (Fsp3) is 0.742. The molecule has 238 valence electrons. The lowest BCUT2D eigenvalue weighted by Crippen LogP contribution is -2.22. The maximum Gasteiger partial charge on any atom is 0.333 e. The molecule has 4 unspecified atom stereocenters. The Bertz CT molecular complexity index is 1020. The van der Waals surface area contributed by atoms with Crippen LogP contribution in [-0.4, -0.2) is 74.6 Å². The molecule has 0 rings (SSSR count). The molecule has 0 aromatic carbocycles. The highest BCUT2D eigenvalue weighted by Gasteiger charge is 2.22. The number of carbonyl (C=O) groups is 2. The Labute approximate surface area is 254 Å². The van der Waals surface area contributed by atoms with Crippen LogP contribution in [0.5, 0.6) is 0 Å². The van der Waals surface area contributed by atoms with Crippen molar-refractivity contribution in [3.8, 4) is 0 Å². The first-order chi connectivity index (χ1) is 20.9. The van der Waals surface area contributed by atoms with Gasteiger partial charge in [0.15, 0.2) is 0 Å². The molecule has 0 bridgehead atoms. The second-order valence-electron chi connectivity index (χ2n) is 10.4. The topological polar surface area (TPSA) is 170 Å². The fourth-order valence-electron chi connectivity index (χ4n) is 4.66. The monoisotopic (exact) mass is 602 g/mol. The lowest BCUT2D eigenvalue weighted by molar-refractivity contribution is -0.146. The first-order valence-corrected chi connectivity index (χ1v) is 15.1. The van der Waals surface area contributed by atoms with Crippen LogP contribution >= 0.6 is 0 Å². The number of isocyanates is 4. The van der Waals surface area contributed by atoms with E-state index < -0.39 is 11.9 Å². The Balaban J connectivity index is 4.48. The quantitative estimate of drug-likeness (QED) is 0.0413. The molecule has 0 aromatic rings. The molecule has 43 heavy (non-hydrogen) atoms. The summed E-state index contributed by atoms with van der Waals surface area (Å²) in [5, 5.41) is 0. The molecule has 12 nitrogen and oxygen atoms in total. The molecule has 0 heterocycles. The Kier molecular flexibility index (Phi) is 24.7. The average molecular weight is 603 g/mol. The number of carbonyl (C=O) groups excluding carboxylic acids is 6. The molecule has 0 radical (unpaired) electrons. The van der Waals surface area contributed by atoms with E-state index in [0.29, 0.717) is 51.4 Å². The van der Waals surface area contributed by atoms with Crippen LogP contribution in [0, 0.1) is 11.8 Å². The molecule has 0 saturated carbocycles. The van der Waals surface area contributed by atoms with Gasteiger partial charge in [0.2, 0.25) is 24.3 Å². The zero-order valence-corrected chi connectivity index (χ0v) is 25.6. The lowest BCUT2D eigenvalue weighted by atomic mass is 9.90. The first kappa shape index (κ1) is 39.2. The van der Waals surface area contributed by atoms with Crippen molar-refractivity contribution in [3.05, 3.63) is 12.2 Å². The molecule has 0 fully saturated rings. The van der Waals surface area contributed by atoms with Crippen LogP contribution in [0.25, 0.3) is 0 Å². The van der Waals surface area contributed by atoms with E-state index in [9.17, 15) is 28.8 Å². The number of hydrogen-bond acceptors (Lipinski definition) is 12. The summed E-state index contributed by atoms with van der Waals surface area (Å²) in [6.45, 7) is 8.39. The molecule has 0 N–H and O–H groups in total. The predicted molar refractivity (Wildman–Crippen MR) is 159 cm³/mol. The lowest BCUT2D eigenvalue weighted by Gasteiger charge is -2.21. The molecular formula is C31H46N4O8. The van der Waals surface area contributed by atoms with E-state index in [0.717, 1.165) is 25.7 Å². The van der Waals surface area contributed by atoms with Gasteiger partial charge in [-0.15, -0.1) is 0 Å². The molecule has 0 aliphatic heterocycles. The summed E-state index contributed by atoms with van der Waals surface area (Å²) in [7, 11) is 0. The molecule has 0 amide bonds. The minimum Gasteiger partial charge on any atom is -0.465 e. The highest BCUT2D eigenvalue weighted by atomic mass is 16.5. The summed E-state index contributed by atoms with van der Waals surface area (Å²) in [4.78, 5) is 82.4. The van der Waals surface area contributed by atoms with Gasteiger partial charge in [0.05, 0.1) is 44.8 Å². The van der Waals surface area contributed by atoms with Gasteiger partial charge in [-0.25, -0.2) is 43.9 Å². The van der Waals surface area contributed by atoms with E-state index in [4.69, 9.17) is 9.47 Å². The van der Waals surface area contributed by atoms with E-state index in [-0.39, 0.29) is 62.2 Å². The Morgan fingerprint density at radius 1 is 0.651 bits per heavy atom. The van der Waals surface area contributed by atoms with Crippen molar-refractivity contribution < 1.29 is 38.2 Å². The zero-order chi connectivity index (χ0) is 32.1. The molecule has 0 saturated heterocycles. The van der Waals surface area contributed by atoms with Gasteiger partial charge >= 0.3 is 11.9 Å². The van der Waals surface area contributed by atoms with E-state index in [1.165, 1.54) is 12.2 Å². The van der Waals surface area contributed by atoms with Gasteiger partial charge in [-0.05, 0) is 51.4 Å². The van der Waals surface area contributed by atoms with E-state index in [1.54, 1.807) is 12.2 Å². The second kappa shape index (κ2) is 27.1. The third-order valence-electron chi connectivity index (χ3n) is 7.09. The smallest absolute Gasteiger partial charge is 0.333 e. The van der Waals surface area contributed by atoms with Crippen molar-refractivity contribution in [2.24, 2.45) is 31.8 Å². The maximum atomic E-state index is 12.2. The van der Waals surface area contributed by atoms with Crippen molar-refractivity contribution in [1.82, 2.24) is 0 Å². The van der Waals surface area contributed by atoms with Gasteiger partial charge in [-0.2, -0.15) is 0 Å². The molecular weight excluding hydrogens is 556 g/mol. The second-order valence-corrected chi connectivity index (χ2v) is 10.4. The molecule has 4 atom stereocenters. The van der Waals surface area contributed by atoms with Crippen molar-refractivity contribution in [2.45, 2.75) is 109 Å². The molecule has 0 aliphatic carbocycles. The molecule has 0 spiro atoms. The van der Waals surface area contributed by atoms with Crippen LogP contribution in [0.2, 0.25) is 0 Å². The number of esters is 2. The number of aliphatic imine (C=N–C) groups is 4. The van der Waals surface area contributed by atoms with Gasteiger partial charge in [0.1, 0.15) is 0 Å². The van der Waals surface area contributed by atoms with E-state index >= 15 is 0 Å². The van der Waals surface area contributed by atoms with E-state index in [1.807, 2.05) is 13.8 Å². The third kappa shape index (κ3) is 19.9. The minimum atomic E-state index is -0.683. The van der Waals surface area contributed by atoms with Crippen molar-refractivity contribution in [2.75, 3.05) is 26.3 Å². The zero-order valence-electron chi connectivity index (χ0n) is 25.6. The molecule has 12 heteroatoms. The maximum absolute atomic E-state index is 12.2. The number of unbranched alkanes of at least 4 members (excludes halogenated alkanes) is 4. The van der Waals surface area contributed by atoms with Crippen LogP contribution in [0.1, 0.15) is 97.3 Å². The van der Waals surface area contributed by atoms with Crippen LogP contribution in [0.15, 0.2) is 32.1 Å². The summed E-state index contributed by atoms with van der Waals surface area (Å²) >= 11 is 0. The van der Waals surface area contributed by atoms with Gasteiger partial charge in [0.25, 0.3) is 0 Å². The van der Waals surface area contributed by atoms with Crippen LogP contribution in [0.4, 0.5) is 0 Å². The molecule has 0 aliphatic rings. The number of hydrogen-bond donors (Lipinski definition) is 0. The predicted octanol–water partition coefficient (Wildman–Crippen LogP) is 5.05. The number of ether oxygens (including phenoxy) is 2. The number of nitrogens with zero attached hydrogens (tertiary/aromatic N) is 4. The van der Waals surface area contributed by atoms with Crippen molar-refractivity contribution in [3.63, 3.8) is 0 Å². The first-order valence-electron chi connectivity index (χ1n) is 15.1. The van der Waals surface area contributed by atoms with Crippen molar-refractivity contribution >= 4 is 36.3 Å². The highest BCUT2D eigenvalue weighted by molar-refractivity contribution is 5.93.